The number of thiazole rings is 1. The summed E-state index contributed by atoms with van der Waals surface area (Å²) in [4.78, 5) is 34.8. The lowest BCUT2D eigenvalue weighted by atomic mass is 10.1. The molecule has 0 radical (unpaired) electrons. The minimum Gasteiger partial charge on any atom is -0.422 e. The summed E-state index contributed by atoms with van der Waals surface area (Å²) in [7, 11) is 0. The largest absolute Gasteiger partial charge is 0.422 e. The fourth-order valence-corrected chi connectivity index (χ4v) is 5.23. The van der Waals surface area contributed by atoms with E-state index in [1.165, 1.54) is 11.3 Å². The predicted molar refractivity (Wildman–Crippen MR) is 131 cm³/mol. The number of amides is 1. The van der Waals surface area contributed by atoms with Gasteiger partial charge in [-0.2, -0.15) is 0 Å². The minimum atomic E-state index is -0.656. The fraction of sp³-hybridized carbons (Fsp3) is 0.292. The number of nitrogens with zero attached hydrogens (tertiary/aromatic N) is 3. The zero-order valence-corrected chi connectivity index (χ0v) is 19.4. The van der Waals surface area contributed by atoms with Crippen molar-refractivity contribution in [2.75, 3.05) is 44.3 Å². The lowest BCUT2D eigenvalue weighted by Gasteiger charge is -2.27. The van der Waals surface area contributed by atoms with Crippen molar-refractivity contribution >= 4 is 55.2 Å². The standard InChI is InChI=1S/C24H22ClN3O4S/c25-18-6-3-8-20-21(18)26-24(33-20)28(10-4-9-27-11-13-31-14-12-27)22(29)17-15-16-5-1-2-7-19(16)32-23(17)30/h1-3,5-8,15H,4,9-14H2. The van der Waals surface area contributed by atoms with Crippen LogP contribution in [0.3, 0.4) is 0 Å². The zero-order valence-electron chi connectivity index (χ0n) is 17.8. The summed E-state index contributed by atoms with van der Waals surface area (Å²) in [5.41, 5.74) is 0.432. The Balaban J connectivity index is 1.48. The van der Waals surface area contributed by atoms with Crippen LogP contribution in [0.5, 0.6) is 0 Å². The van der Waals surface area contributed by atoms with E-state index >= 15 is 0 Å². The lowest BCUT2D eigenvalue weighted by molar-refractivity contribution is 0.0376. The van der Waals surface area contributed by atoms with Crippen molar-refractivity contribution in [3.63, 3.8) is 0 Å². The molecule has 2 aromatic carbocycles. The molecule has 1 fully saturated rings. The number of morpholine rings is 1. The number of hydrogen-bond acceptors (Lipinski definition) is 7. The topological polar surface area (TPSA) is 75.9 Å². The second-order valence-electron chi connectivity index (χ2n) is 7.83. The Labute approximate surface area is 199 Å². The predicted octanol–water partition coefficient (Wildman–Crippen LogP) is 4.43. The van der Waals surface area contributed by atoms with Gasteiger partial charge in [0.15, 0.2) is 5.13 Å². The van der Waals surface area contributed by atoms with E-state index in [-0.39, 0.29) is 5.56 Å². The quantitative estimate of drug-likeness (QED) is 0.378. The summed E-state index contributed by atoms with van der Waals surface area (Å²) >= 11 is 7.71. The summed E-state index contributed by atoms with van der Waals surface area (Å²) in [5.74, 6) is -0.424. The molecule has 0 N–H and O–H groups in total. The summed E-state index contributed by atoms with van der Waals surface area (Å²) in [6.07, 6.45) is 0.730. The number of rotatable bonds is 6. The van der Waals surface area contributed by atoms with Crippen LogP contribution in [-0.4, -0.2) is 55.2 Å². The molecule has 9 heteroatoms. The first-order chi connectivity index (χ1) is 16.1. The molecule has 1 aliphatic heterocycles. The van der Waals surface area contributed by atoms with Crippen molar-refractivity contribution in [3.05, 3.63) is 69.5 Å². The third-order valence-corrected chi connectivity index (χ3v) is 7.01. The van der Waals surface area contributed by atoms with E-state index in [4.69, 9.17) is 20.8 Å². The normalized spacial score (nSPS) is 14.7. The van der Waals surface area contributed by atoms with Crippen LogP contribution in [0.2, 0.25) is 5.02 Å². The molecule has 0 unspecified atom stereocenters. The van der Waals surface area contributed by atoms with Crippen LogP contribution in [0.15, 0.2) is 57.7 Å². The Kier molecular flexibility index (Phi) is 6.41. The van der Waals surface area contributed by atoms with E-state index < -0.39 is 11.5 Å². The summed E-state index contributed by atoms with van der Waals surface area (Å²) < 4.78 is 11.7. The Morgan fingerprint density at radius 1 is 1.15 bits per heavy atom. The average molecular weight is 484 g/mol. The molecule has 3 heterocycles. The number of carbonyl (C=O) groups excluding carboxylic acids is 1. The van der Waals surface area contributed by atoms with Gasteiger partial charge in [0.25, 0.3) is 5.91 Å². The van der Waals surface area contributed by atoms with E-state index in [0.29, 0.717) is 33.2 Å². The minimum absolute atomic E-state index is 0.00887. The number of para-hydroxylation sites is 2. The van der Waals surface area contributed by atoms with Crippen LogP contribution in [0, 0.1) is 0 Å². The summed E-state index contributed by atoms with van der Waals surface area (Å²) in [6.45, 7) is 4.43. The third kappa shape index (κ3) is 4.65. The molecule has 33 heavy (non-hydrogen) atoms. The number of ether oxygens (including phenoxy) is 1. The van der Waals surface area contributed by atoms with Crippen LogP contribution < -0.4 is 10.5 Å². The van der Waals surface area contributed by atoms with Crippen LogP contribution in [0.25, 0.3) is 21.2 Å². The van der Waals surface area contributed by atoms with Gasteiger partial charge in [0.05, 0.1) is 22.9 Å². The van der Waals surface area contributed by atoms with Crippen LogP contribution in [-0.2, 0) is 4.74 Å². The second-order valence-corrected chi connectivity index (χ2v) is 9.25. The van der Waals surface area contributed by atoms with Gasteiger partial charge in [-0.3, -0.25) is 14.6 Å². The van der Waals surface area contributed by atoms with E-state index in [9.17, 15) is 9.59 Å². The molecule has 7 nitrogen and oxygen atoms in total. The van der Waals surface area contributed by atoms with Gasteiger partial charge in [0, 0.05) is 31.6 Å². The highest BCUT2D eigenvalue weighted by Crippen LogP contribution is 2.33. The van der Waals surface area contributed by atoms with Gasteiger partial charge in [0.1, 0.15) is 16.7 Å². The smallest absolute Gasteiger partial charge is 0.349 e. The van der Waals surface area contributed by atoms with Gasteiger partial charge >= 0.3 is 5.63 Å². The first kappa shape index (κ1) is 22.0. The molecule has 1 saturated heterocycles. The zero-order chi connectivity index (χ0) is 22.8. The van der Waals surface area contributed by atoms with Crippen LogP contribution in [0.4, 0.5) is 5.13 Å². The molecular formula is C24H22ClN3O4S. The fourth-order valence-electron chi connectivity index (χ4n) is 3.94. The highest BCUT2D eigenvalue weighted by molar-refractivity contribution is 7.22. The Hall–Kier alpha value is -2.78. The van der Waals surface area contributed by atoms with Crippen molar-refractivity contribution in [3.8, 4) is 0 Å². The van der Waals surface area contributed by atoms with Crippen molar-refractivity contribution in [2.24, 2.45) is 0 Å². The molecule has 5 rings (SSSR count). The van der Waals surface area contributed by atoms with Crippen molar-refractivity contribution < 1.29 is 13.9 Å². The third-order valence-electron chi connectivity index (χ3n) is 5.67. The monoisotopic (exact) mass is 483 g/mol. The molecule has 0 atom stereocenters. The number of hydrogen-bond donors (Lipinski definition) is 0. The van der Waals surface area contributed by atoms with Gasteiger partial charge in [-0.05, 0) is 30.7 Å². The summed E-state index contributed by atoms with van der Waals surface area (Å²) in [5, 5.41) is 1.74. The van der Waals surface area contributed by atoms with E-state index in [0.717, 1.165) is 44.0 Å². The molecule has 2 aromatic heterocycles. The first-order valence-electron chi connectivity index (χ1n) is 10.8. The maximum atomic E-state index is 13.6. The van der Waals surface area contributed by atoms with Gasteiger partial charge < -0.3 is 9.15 Å². The average Bonchev–Trinajstić information content (AvgIpc) is 3.27. The number of halogens is 1. The Bertz CT molecular complexity index is 1360. The Morgan fingerprint density at radius 3 is 2.79 bits per heavy atom. The molecule has 0 aliphatic carbocycles. The van der Waals surface area contributed by atoms with Gasteiger partial charge in [-0.1, -0.05) is 47.2 Å². The molecule has 1 amide bonds. The maximum absolute atomic E-state index is 13.6. The second kappa shape index (κ2) is 9.61. The lowest BCUT2D eigenvalue weighted by Crippen LogP contribution is -2.40. The maximum Gasteiger partial charge on any atom is 0.349 e. The van der Waals surface area contributed by atoms with E-state index in [1.54, 1.807) is 29.2 Å². The molecule has 0 bridgehead atoms. The SMILES string of the molecule is O=C(c1cc2ccccc2oc1=O)N(CCCN1CCOCC1)c1nc2c(Cl)cccc2s1. The van der Waals surface area contributed by atoms with Crippen molar-refractivity contribution in [1.82, 2.24) is 9.88 Å². The number of aromatic nitrogens is 1. The molecule has 0 saturated carbocycles. The van der Waals surface area contributed by atoms with Gasteiger partial charge in [-0.25, -0.2) is 9.78 Å². The molecule has 170 valence electrons. The highest BCUT2D eigenvalue weighted by atomic mass is 35.5. The number of fused-ring (bicyclic) bond motifs is 2. The highest BCUT2D eigenvalue weighted by Gasteiger charge is 2.25. The van der Waals surface area contributed by atoms with E-state index in [2.05, 4.69) is 9.88 Å². The molecular weight excluding hydrogens is 462 g/mol. The van der Waals surface area contributed by atoms with Gasteiger partial charge in [0.2, 0.25) is 0 Å². The number of anilines is 1. The van der Waals surface area contributed by atoms with Crippen LogP contribution in [0.1, 0.15) is 16.8 Å². The first-order valence-corrected chi connectivity index (χ1v) is 12.0. The van der Waals surface area contributed by atoms with Gasteiger partial charge in [-0.15, -0.1) is 0 Å². The molecule has 1 aliphatic rings. The molecule has 0 spiro atoms. The van der Waals surface area contributed by atoms with Crippen LogP contribution >= 0.6 is 22.9 Å². The Morgan fingerprint density at radius 2 is 1.97 bits per heavy atom. The number of carbonyl (C=O) groups is 1. The van der Waals surface area contributed by atoms with Crippen molar-refractivity contribution in [1.29, 1.82) is 0 Å². The summed E-state index contributed by atoms with van der Waals surface area (Å²) in [6, 6.07) is 14.3. The number of benzene rings is 2. The van der Waals surface area contributed by atoms with E-state index in [1.807, 2.05) is 24.3 Å². The van der Waals surface area contributed by atoms with Crippen molar-refractivity contribution in [2.45, 2.75) is 6.42 Å². The molecule has 4 aromatic rings.